The molecule has 0 aliphatic rings. The molecule has 0 aromatic carbocycles. The number of carbonyl (C=O) groups excluding carboxylic acids is 1. The molecule has 1 amide bonds. The zero-order valence-electron chi connectivity index (χ0n) is 15.1. The Morgan fingerprint density at radius 1 is 1.33 bits per heavy atom. The molecular weight excluding hydrogens is 362 g/mol. The first-order valence-electron chi connectivity index (χ1n) is 8.42. The molecule has 0 spiro atoms. The average molecular weight is 381 g/mol. The molecule has 3 aromatic heterocycles. The highest BCUT2D eigenvalue weighted by atomic mass is 32.2. The van der Waals surface area contributed by atoms with Crippen molar-refractivity contribution < 1.29 is 9.21 Å². The molecule has 3 rings (SSSR count). The number of hydrogen-bond acceptors (Lipinski definition) is 6. The first kappa shape index (κ1) is 18.7. The predicted molar refractivity (Wildman–Crippen MR) is 102 cm³/mol. The van der Waals surface area contributed by atoms with E-state index >= 15 is 0 Å². The first-order chi connectivity index (χ1) is 13.1. The van der Waals surface area contributed by atoms with Gasteiger partial charge in [-0.05, 0) is 37.6 Å². The Kier molecular flexibility index (Phi) is 5.94. The molecule has 3 aromatic rings. The van der Waals surface area contributed by atoms with Crippen LogP contribution in [0.4, 0.5) is 5.82 Å². The molecule has 0 unspecified atom stereocenters. The van der Waals surface area contributed by atoms with Crippen molar-refractivity contribution in [1.82, 2.24) is 14.5 Å². The second-order valence-electron chi connectivity index (χ2n) is 5.89. The number of hydrogen-bond donors (Lipinski definition) is 1. The zero-order chi connectivity index (χ0) is 19.2. The normalized spacial score (nSPS) is 10.6. The van der Waals surface area contributed by atoms with Crippen LogP contribution in [-0.4, -0.2) is 26.2 Å². The van der Waals surface area contributed by atoms with Gasteiger partial charge in [-0.3, -0.25) is 4.79 Å². The van der Waals surface area contributed by atoms with Gasteiger partial charge in [0.25, 0.3) is 0 Å². The summed E-state index contributed by atoms with van der Waals surface area (Å²) in [4.78, 5) is 20.7. The molecule has 8 heteroatoms. The lowest BCUT2D eigenvalue weighted by atomic mass is 10.2. The average Bonchev–Trinajstić information content (AvgIpc) is 3.26. The van der Waals surface area contributed by atoms with Crippen molar-refractivity contribution in [3.8, 4) is 6.07 Å². The van der Waals surface area contributed by atoms with Gasteiger partial charge >= 0.3 is 0 Å². The summed E-state index contributed by atoms with van der Waals surface area (Å²) >= 11 is 1.42. The molecule has 138 valence electrons. The number of nitrogens with one attached hydrogen (secondary N) is 1. The maximum Gasteiger partial charge on any atom is 0.226 e. The van der Waals surface area contributed by atoms with Crippen molar-refractivity contribution in [3.05, 3.63) is 59.4 Å². The summed E-state index contributed by atoms with van der Waals surface area (Å²) in [5.74, 6) is 1.65. The maximum atomic E-state index is 12.4. The molecule has 7 nitrogen and oxygen atoms in total. The highest BCUT2D eigenvalue weighted by Gasteiger charge is 2.20. The van der Waals surface area contributed by atoms with Gasteiger partial charge in [0.05, 0.1) is 18.4 Å². The molecule has 1 N–H and O–H groups in total. The lowest BCUT2D eigenvalue weighted by Gasteiger charge is -2.12. The standard InChI is InChI=1S/C19H19N5O2S/c1-13-14(2)24(12-15-5-3-9-26-15)18(16(13)11-20)23-17(25)6-10-27-19-21-7-4-8-22-19/h3-5,7-9H,6,10,12H2,1-2H3,(H,23,25). The van der Waals surface area contributed by atoms with Gasteiger partial charge in [-0.1, -0.05) is 11.8 Å². The summed E-state index contributed by atoms with van der Waals surface area (Å²) in [6.07, 6.45) is 5.23. The number of rotatable bonds is 7. The molecule has 0 atom stereocenters. The molecule has 0 saturated heterocycles. The molecule has 0 saturated carbocycles. The van der Waals surface area contributed by atoms with Gasteiger partial charge in [0.2, 0.25) is 5.91 Å². The summed E-state index contributed by atoms with van der Waals surface area (Å²) in [5, 5.41) is 13.1. The van der Waals surface area contributed by atoms with E-state index in [0.717, 1.165) is 17.0 Å². The first-order valence-corrected chi connectivity index (χ1v) is 9.40. The Hall–Kier alpha value is -3.05. The minimum absolute atomic E-state index is 0.159. The molecule has 0 aliphatic carbocycles. The van der Waals surface area contributed by atoms with Crippen LogP contribution in [-0.2, 0) is 11.3 Å². The van der Waals surface area contributed by atoms with Crippen LogP contribution in [0.1, 0.15) is 29.0 Å². The molecule has 3 heterocycles. The van der Waals surface area contributed by atoms with E-state index in [1.165, 1.54) is 11.8 Å². The highest BCUT2D eigenvalue weighted by molar-refractivity contribution is 7.99. The highest BCUT2D eigenvalue weighted by Crippen LogP contribution is 2.27. The number of furan rings is 1. The van der Waals surface area contributed by atoms with E-state index in [0.29, 0.717) is 28.8 Å². The quantitative estimate of drug-likeness (QED) is 0.497. The van der Waals surface area contributed by atoms with Crippen molar-refractivity contribution in [2.24, 2.45) is 0 Å². The van der Waals surface area contributed by atoms with Crippen LogP contribution in [0.25, 0.3) is 0 Å². The minimum atomic E-state index is -0.159. The van der Waals surface area contributed by atoms with Gasteiger partial charge in [-0.2, -0.15) is 5.26 Å². The molecule has 27 heavy (non-hydrogen) atoms. The molecule has 0 aliphatic heterocycles. The van der Waals surface area contributed by atoms with Crippen LogP contribution in [0.5, 0.6) is 0 Å². The third kappa shape index (κ3) is 4.38. The van der Waals surface area contributed by atoms with Crippen molar-refractivity contribution in [3.63, 3.8) is 0 Å². The van der Waals surface area contributed by atoms with E-state index in [1.54, 1.807) is 24.7 Å². The van der Waals surface area contributed by atoms with E-state index in [4.69, 9.17) is 4.42 Å². The van der Waals surface area contributed by atoms with Crippen LogP contribution < -0.4 is 5.32 Å². The topological polar surface area (TPSA) is 96.7 Å². The summed E-state index contributed by atoms with van der Waals surface area (Å²) in [6, 6.07) is 7.63. The molecular formula is C19H19N5O2S. The van der Waals surface area contributed by atoms with E-state index in [9.17, 15) is 10.1 Å². The minimum Gasteiger partial charge on any atom is -0.467 e. The van der Waals surface area contributed by atoms with Crippen LogP contribution in [0.2, 0.25) is 0 Å². The van der Waals surface area contributed by atoms with Gasteiger partial charge in [0, 0.05) is 30.3 Å². The summed E-state index contributed by atoms with van der Waals surface area (Å²) in [5.41, 5.74) is 2.25. The third-order valence-corrected chi connectivity index (χ3v) is 5.07. The van der Waals surface area contributed by atoms with E-state index in [-0.39, 0.29) is 12.3 Å². The van der Waals surface area contributed by atoms with Crippen LogP contribution in [0.15, 0.2) is 46.4 Å². The van der Waals surface area contributed by atoms with Gasteiger partial charge < -0.3 is 14.3 Å². The summed E-state index contributed by atoms with van der Waals surface area (Å²) in [6.45, 7) is 4.26. The number of nitrogens with zero attached hydrogens (tertiary/aromatic N) is 4. The Bertz CT molecular complexity index is 958. The fourth-order valence-electron chi connectivity index (χ4n) is 2.68. The SMILES string of the molecule is Cc1c(C#N)c(NC(=O)CCSc2ncccn2)n(Cc2ccco2)c1C. The maximum absolute atomic E-state index is 12.4. The Labute approximate surface area is 161 Å². The molecule has 0 bridgehead atoms. The second-order valence-corrected chi connectivity index (χ2v) is 6.95. The predicted octanol–water partition coefficient (Wildman–Crippen LogP) is 3.53. The number of aromatic nitrogens is 3. The van der Waals surface area contributed by atoms with Gasteiger partial charge in [0.15, 0.2) is 5.16 Å². The van der Waals surface area contributed by atoms with E-state index in [2.05, 4.69) is 21.4 Å². The Balaban J connectivity index is 1.72. The number of anilines is 1. The number of carbonyl (C=O) groups is 1. The van der Waals surface area contributed by atoms with Crippen molar-refractivity contribution in [2.75, 3.05) is 11.1 Å². The summed E-state index contributed by atoms with van der Waals surface area (Å²) < 4.78 is 7.32. The summed E-state index contributed by atoms with van der Waals surface area (Å²) in [7, 11) is 0. The monoisotopic (exact) mass is 381 g/mol. The molecule has 0 radical (unpaired) electrons. The van der Waals surface area contributed by atoms with Crippen molar-refractivity contribution in [1.29, 1.82) is 5.26 Å². The largest absolute Gasteiger partial charge is 0.467 e. The number of nitriles is 1. The van der Waals surface area contributed by atoms with Crippen LogP contribution in [0, 0.1) is 25.2 Å². The van der Waals surface area contributed by atoms with Crippen molar-refractivity contribution in [2.45, 2.75) is 32.0 Å². The van der Waals surface area contributed by atoms with E-state index in [1.807, 2.05) is 30.5 Å². The molecule has 0 fully saturated rings. The lowest BCUT2D eigenvalue weighted by molar-refractivity contribution is -0.115. The fraction of sp³-hybridized carbons (Fsp3) is 0.263. The fourth-order valence-corrected chi connectivity index (χ4v) is 3.42. The Morgan fingerprint density at radius 3 is 2.78 bits per heavy atom. The Morgan fingerprint density at radius 2 is 2.11 bits per heavy atom. The van der Waals surface area contributed by atoms with Crippen LogP contribution in [0.3, 0.4) is 0 Å². The number of thioether (sulfide) groups is 1. The van der Waals surface area contributed by atoms with Crippen molar-refractivity contribution >= 4 is 23.5 Å². The van der Waals surface area contributed by atoms with Gasteiger partial charge in [-0.15, -0.1) is 0 Å². The second kappa shape index (κ2) is 8.56. The smallest absolute Gasteiger partial charge is 0.226 e. The zero-order valence-corrected chi connectivity index (χ0v) is 15.9. The van der Waals surface area contributed by atoms with Gasteiger partial charge in [-0.25, -0.2) is 9.97 Å². The van der Waals surface area contributed by atoms with Gasteiger partial charge in [0.1, 0.15) is 17.6 Å². The third-order valence-electron chi connectivity index (χ3n) is 4.20. The van der Waals surface area contributed by atoms with Crippen LogP contribution >= 0.6 is 11.8 Å². The number of amides is 1. The lowest BCUT2D eigenvalue weighted by Crippen LogP contribution is -2.17. The van der Waals surface area contributed by atoms with E-state index < -0.39 is 0 Å².